The lowest BCUT2D eigenvalue weighted by atomic mass is 10.1. The van der Waals surface area contributed by atoms with Gasteiger partial charge in [-0.2, -0.15) is 5.26 Å². The van der Waals surface area contributed by atoms with Gasteiger partial charge in [0.1, 0.15) is 5.82 Å². The van der Waals surface area contributed by atoms with Crippen LogP contribution in [-0.4, -0.2) is 27.0 Å². The Balaban J connectivity index is 1.83. The Morgan fingerprint density at radius 3 is 2.61 bits per heavy atom. The molecule has 182 valence electrons. The van der Waals surface area contributed by atoms with E-state index in [0.29, 0.717) is 34.5 Å². The first-order chi connectivity index (χ1) is 17.4. The van der Waals surface area contributed by atoms with Gasteiger partial charge in [-0.25, -0.2) is 9.78 Å². The second-order valence-electron chi connectivity index (χ2n) is 8.76. The number of urea groups is 1. The second-order valence-corrected chi connectivity index (χ2v) is 8.76. The number of benzene rings is 3. The number of unbranched alkanes of at least 4 members (excludes halogenated alkanes) is 1. The summed E-state index contributed by atoms with van der Waals surface area (Å²) in [5.74, 6) is 0.491. The molecule has 7 heteroatoms. The number of nitrogens with zero attached hydrogens (tertiary/aromatic N) is 4. The van der Waals surface area contributed by atoms with Crippen molar-refractivity contribution in [2.24, 2.45) is 0 Å². The number of hydrogen-bond donors (Lipinski definition) is 1. The number of amides is 2. The van der Waals surface area contributed by atoms with Crippen LogP contribution in [0.15, 0.2) is 77.6 Å². The number of aromatic nitrogens is 2. The van der Waals surface area contributed by atoms with E-state index in [4.69, 9.17) is 4.98 Å². The number of carbonyl (C=O) groups excluding carboxylic acids is 1. The van der Waals surface area contributed by atoms with Gasteiger partial charge in [0.2, 0.25) is 0 Å². The van der Waals surface area contributed by atoms with Crippen molar-refractivity contribution in [3.63, 3.8) is 0 Å². The normalized spacial score (nSPS) is 11.6. The van der Waals surface area contributed by atoms with Gasteiger partial charge in [0, 0.05) is 12.2 Å². The average Bonchev–Trinajstić information content (AvgIpc) is 2.89. The van der Waals surface area contributed by atoms with Crippen LogP contribution in [0.2, 0.25) is 0 Å². The summed E-state index contributed by atoms with van der Waals surface area (Å²) >= 11 is 0. The van der Waals surface area contributed by atoms with E-state index in [1.54, 1.807) is 39.8 Å². The van der Waals surface area contributed by atoms with Crippen molar-refractivity contribution in [3.05, 3.63) is 100 Å². The predicted octanol–water partition coefficient (Wildman–Crippen LogP) is 5.96. The Morgan fingerprint density at radius 1 is 1.11 bits per heavy atom. The van der Waals surface area contributed by atoms with Crippen LogP contribution in [-0.2, 0) is 0 Å². The van der Waals surface area contributed by atoms with Gasteiger partial charge in [-0.3, -0.25) is 9.36 Å². The summed E-state index contributed by atoms with van der Waals surface area (Å²) in [5, 5.41) is 12.7. The van der Waals surface area contributed by atoms with Crippen LogP contribution in [0.4, 0.5) is 10.5 Å². The molecule has 1 unspecified atom stereocenters. The van der Waals surface area contributed by atoms with Gasteiger partial charge in [0.25, 0.3) is 5.56 Å². The van der Waals surface area contributed by atoms with E-state index in [1.807, 2.05) is 56.3 Å². The molecule has 0 bridgehead atoms. The fourth-order valence-corrected chi connectivity index (χ4v) is 4.28. The molecular weight excluding hydrogens is 450 g/mol. The highest BCUT2D eigenvalue weighted by atomic mass is 16.2. The largest absolute Gasteiger partial charge is 0.322 e. The van der Waals surface area contributed by atoms with Crippen molar-refractivity contribution in [2.45, 2.75) is 39.7 Å². The minimum Gasteiger partial charge on any atom is -0.315 e. The maximum Gasteiger partial charge on any atom is 0.322 e. The molecule has 2 amide bonds. The average molecular weight is 480 g/mol. The van der Waals surface area contributed by atoms with Crippen molar-refractivity contribution < 1.29 is 4.79 Å². The Hall–Kier alpha value is -4.44. The first kappa shape index (κ1) is 24.7. The molecule has 3 aromatic carbocycles. The monoisotopic (exact) mass is 479 g/mol. The highest BCUT2D eigenvalue weighted by molar-refractivity contribution is 5.90. The predicted molar refractivity (Wildman–Crippen MR) is 142 cm³/mol. The summed E-state index contributed by atoms with van der Waals surface area (Å²) in [5.41, 5.74) is 3.09. The van der Waals surface area contributed by atoms with Gasteiger partial charge < -0.3 is 10.2 Å². The van der Waals surface area contributed by atoms with Crippen LogP contribution in [0.25, 0.3) is 16.6 Å². The molecule has 0 saturated heterocycles. The van der Waals surface area contributed by atoms with Crippen molar-refractivity contribution in [1.82, 2.24) is 14.5 Å². The minimum absolute atomic E-state index is 0.172. The standard InChI is InChI=1S/C29H29N5O2/c1-4-5-17-33(29(36)31-23-13-10-12-22(18-23)19-30)21(3)27-32-25-15-8-7-14-24(25)28(35)34(27)26-16-9-6-11-20(26)2/h6-16,18,21H,4-5,17H2,1-3H3,(H,31,36). The summed E-state index contributed by atoms with van der Waals surface area (Å²) in [6.45, 7) is 6.40. The molecular formula is C29H29N5O2. The molecule has 1 N–H and O–H groups in total. The number of hydrogen-bond acceptors (Lipinski definition) is 4. The highest BCUT2D eigenvalue weighted by Gasteiger charge is 2.27. The molecule has 1 atom stereocenters. The number of nitriles is 1. The SMILES string of the molecule is CCCCN(C(=O)Nc1cccc(C#N)c1)C(C)c1nc2ccccc2c(=O)n1-c1ccccc1C. The second kappa shape index (κ2) is 10.9. The molecule has 0 spiro atoms. The van der Waals surface area contributed by atoms with Crippen LogP contribution in [0.1, 0.15) is 49.7 Å². The number of anilines is 1. The number of nitrogens with one attached hydrogen (secondary N) is 1. The summed E-state index contributed by atoms with van der Waals surface area (Å²) < 4.78 is 1.63. The third kappa shape index (κ3) is 4.98. The number of para-hydroxylation sites is 2. The molecule has 0 saturated carbocycles. The van der Waals surface area contributed by atoms with E-state index in [9.17, 15) is 14.9 Å². The molecule has 0 aliphatic carbocycles. The van der Waals surface area contributed by atoms with Crippen LogP contribution in [0, 0.1) is 18.3 Å². The maximum atomic E-state index is 13.7. The van der Waals surface area contributed by atoms with Crippen LogP contribution in [0.5, 0.6) is 0 Å². The smallest absolute Gasteiger partial charge is 0.315 e. The number of rotatable bonds is 7. The van der Waals surface area contributed by atoms with Gasteiger partial charge in [-0.15, -0.1) is 0 Å². The zero-order valence-corrected chi connectivity index (χ0v) is 20.7. The molecule has 0 aliphatic heterocycles. The lowest BCUT2D eigenvalue weighted by Gasteiger charge is -2.31. The van der Waals surface area contributed by atoms with Gasteiger partial charge in [0.05, 0.1) is 34.3 Å². The lowest BCUT2D eigenvalue weighted by Crippen LogP contribution is -2.40. The first-order valence-electron chi connectivity index (χ1n) is 12.1. The molecule has 0 aliphatic rings. The summed E-state index contributed by atoms with van der Waals surface area (Å²) in [7, 11) is 0. The van der Waals surface area contributed by atoms with E-state index in [2.05, 4.69) is 18.3 Å². The number of carbonyl (C=O) groups is 1. The van der Waals surface area contributed by atoms with Crippen molar-refractivity contribution in [2.75, 3.05) is 11.9 Å². The lowest BCUT2D eigenvalue weighted by molar-refractivity contribution is 0.188. The van der Waals surface area contributed by atoms with Crippen molar-refractivity contribution in [1.29, 1.82) is 5.26 Å². The Bertz CT molecular complexity index is 1500. The quantitative estimate of drug-likeness (QED) is 0.354. The number of fused-ring (bicyclic) bond motifs is 1. The van der Waals surface area contributed by atoms with E-state index in [1.165, 1.54) is 0 Å². The third-order valence-electron chi connectivity index (χ3n) is 6.26. The van der Waals surface area contributed by atoms with Gasteiger partial charge >= 0.3 is 6.03 Å². The zero-order chi connectivity index (χ0) is 25.7. The van der Waals surface area contributed by atoms with Gasteiger partial charge in [-0.05, 0) is 62.2 Å². The molecule has 4 rings (SSSR count). The fourth-order valence-electron chi connectivity index (χ4n) is 4.28. The Morgan fingerprint density at radius 2 is 1.86 bits per heavy atom. The van der Waals surface area contributed by atoms with Crippen LogP contribution >= 0.6 is 0 Å². The van der Waals surface area contributed by atoms with E-state index < -0.39 is 6.04 Å². The minimum atomic E-state index is -0.507. The molecule has 1 aromatic heterocycles. The highest BCUT2D eigenvalue weighted by Crippen LogP contribution is 2.25. The van der Waals surface area contributed by atoms with Crippen LogP contribution < -0.4 is 10.9 Å². The molecule has 0 fully saturated rings. The van der Waals surface area contributed by atoms with Crippen molar-refractivity contribution in [3.8, 4) is 11.8 Å². The molecule has 4 aromatic rings. The molecule has 7 nitrogen and oxygen atoms in total. The van der Waals surface area contributed by atoms with E-state index in [-0.39, 0.29) is 11.6 Å². The van der Waals surface area contributed by atoms with Crippen molar-refractivity contribution >= 4 is 22.6 Å². The third-order valence-corrected chi connectivity index (χ3v) is 6.26. The summed E-state index contributed by atoms with van der Waals surface area (Å²) in [6, 6.07) is 23.0. The number of aryl methyl sites for hydroxylation is 1. The van der Waals surface area contributed by atoms with Gasteiger partial charge in [0.15, 0.2) is 0 Å². The Labute approximate surface area is 210 Å². The molecule has 36 heavy (non-hydrogen) atoms. The summed E-state index contributed by atoms with van der Waals surface area (Å²) in [4.78, 5) is 33.9. The van der Waals surface area contributed by atoms with E-state index in [0.717, 1.165) is 24.1 Å². The fraction of sp³-hybridized carbons (Fsp3) is 0.241. The Kier molecular flexibility index (Phi) is 7.45. The maximum absolute atomic E-state index is 13.7. The molecule has 0 radical (unpaired) electrons. The molecule has 1 heterocycles. The first-order valence-corrected chi connectivity index (χ1v) is 12.1. The summed E-state index contributed by atoms with van der Waals surface area (Å²) in [6.07, 6.45) is 1.69. The van der Waals surface area contributed by atoms with E-state index >= 15 is 0 Å². The van der Waals surface area contributed by atoms with Crippen LogP contribution in [0.3, 0.4) is 0 Å². The topological polar surface area (TPSA) is 91.0 Å². The van der Waals surface area contributed by atoms with Gasteiger partial charge in [-0.1, -0.05) is 49.7 Å². The zero-order valence-electron chi connectivity index (χ0n) is 20.7.